The molecule has 1 aromatic rings. The number of methoxy groups -OCH3 is 1. The van der Waals surface area contributed by atoms with Crippen LogP contribution in [-0.2, 0) is 16.0 Å². The van der Waals surface area contributed by atoms with Gasteiger partial charge in [-0.15, -0.1) is 0 Å². The van der Waals surface area contributed by atoms with Gasteiger partial charge in [-0.25, -0.2) is 0 Å². The number of fused-ring (bicyclic) bond motifs is 1. The molecule has 0 spiro atoms. The summed E-state index contributed by atoms with van der Waals surface area (Å²) in [6.45, 7) is 1.60. The molecule has 8 nitrogen and oxygen atoms in total. The number of nitrogens with two attached hydrogens (primary N) is 2. The van der Waals surface area contributed by atoms with Crippen LogP contribution in [0.1, 0.15) is 27.2 Å². The van der Waals surface area contributed by atoms with E-state index in [1.165, 1.54) is 17.5 Å². The summed E-state index contributed by atoms with van der Waals surface area (Å²) in [4.78, 5) is 29.3. The van der Waals surface area contributed by atoms with Crippen LogP contribution in [0.5, 0.6) is 5.06 Å². The minimum atomic E-state index is -0.495. The molecule has 0 unspecified atom stereocenters. The van der Waals surface area contributed by atoms with Gasteiger partial charge in [0.1, 0.15) is 11.5 Å². The lowest BCUT2D eigenvalue weighted by molar-refractivity contribution is -0.140. The summed E-state index contributed by atoms with van der Waals surface area (Å²) in [7, 11) is 3.49. The van der Waals surface area contributed by atoms with E-state index in [0.29, 0.717) is 58.7 Å². The maximum absolute atomic E-state index is 12.7. The second kappa shape index (κ2) is 8.45. The fourth-order valence-corrected chi connectivity index (χ4v) is 5.42. The van der Waals surface area contributed by atoms with Crippen LogP contribution in [0, 0.1) is 0 Å². The highest BCUT2D eigenvalue weighted by atomic mass is 32.1. The third-order valence-electron chi connectivity index (χ3n) is 5.71. The first kappa shape index (κ1) is 21.5. The van der Waals surface area contributed by atoms with Gasteiger partial charge in [0.2, 0.25) is 0 Å². The predicted molar refractivity (Wildman–Crippen MR) is 122 cm³/mol. The van der Waals surface area contributed by atoms with Crippen molar-refractivity contribution in [3.05, 3.63) is 51.4 Å². The van der Waals surface area contributed by atoms with Gasteiger partial charge < -0.3 is 30.7 Å². The molecule has 0 radical (unpaired) electrons. The first-order valence-electron chi connectivity index (χ1n) is 9.86. The number of thiophene rings is 1. The van der Waals surface area contributed by atoms with Gasteiger partial charge in [0.15, 0.2) is 5.06 Å². The fourth-order valence-electron chi connectivity index (χ4n) is 3.88. The van der Waals surface area contributed by atoms with E-state index in [4.69, 9.17) is 33.2 Å². The van der Waals surface area contributed by atoms with Crippen LogP contribution in [0.25, 0.3) is 0 Å². The first-order valence-corrected chi connectivity index (χ1v) is 11.1. The second-order valence-electron chi connectivity index (χ2n) is 7.67. The zero-order valence-corrected chi connectivity index (χ0v) is 19.0. The number of ether oxygens (including phenoxy) is 2. The van der Waals surface area contributed by atoms with Crippen LogP contribution in [0.4, 0.5) is 0 Å². The molecule has 3 aliphatic rings. The molecule has 0 bridgehead atoms. The lowest BCUT2D eigenvalue weighted by atomic mass is 9.89. The molecule has 0 aromatic carbocycles. The van der Waals surface area contributed by atoms with E-state index in [9.17, 15) is 9.59 Å². The highest BCUT2D eigenvalue weighted by molar-refractivity contribution is 7.81. The average Bonchev–Trinajstić information content (AvgIpc) is 3.07. The summed E-state index contributed by atoms with van der Waals surface area (Å²) in [6, 6.07) is 0. The lowest BCUT2D eigenvalue weighted by Crippen LogP contribution is -2.56. The monoisotopic (exact) mass is 460 g/mol. The van der Waals surface area contributed by atoms with Gasteiger partial charge in [-0.05, 0) is 42.3 Å². The Balaban J connectivity index is 1.58. The molecule has 0 saturated carbocycles. The van der Waals surface area contributed by atoms with Crippen LogP contribution in [0.3, 0.4) is 0 Å². The van der Waals surface area contributed by atoms with E-state index in [2.05, 4.69) is 0 Å². The van der Waals surface area contributed by atoms with E-state index in [1.54, 1.807) is 24.2 Å². The first-order chi connectivity index (χ1) is 14.8. The highest BCUT2D eigenvalue weighted by Gasteiger charge is 2.35. The van der Waals surface area contributed by atoms with Crippen LogP contribution >= 0.6 is 23.6 Å². The molecule has 4 N–H and O–H groups in total. The van der Waals surface area contributed by atoms with Gasteiger partial charge in [0, 0.05) is 27.2 Å². The van der Waals surface area contributed by atoms with Crippen molar-refractivity contribution in [1.29, 1.82) is 0 Å². The molecule has 4 rings (SSSR count). The number of allylic oxidation sites excluding steroid dienone is 3. The standard InChI is InChI=1S/C21H24N4O4S2/c1-24-8-12(4-6-15(24)20(27)25-9-13(10-25)28-2)29-21-16-14(18(31-21)19(23)26)5-3-11(7-22)17(16)30/h4,6-7,13H,3,5,8-10,22H2,1-2H3,(H2,23,26). The number of nitrogens with zero attached hydrogens (tertiary/aromatic N) is 2. The van der Waals surface area contributed by atoms with E-state index in [-0.39, 0.29) is 12.0 Å². The van der Waals surface area contributed by atoms with E-state index >= 15 is 0 Å². The molecule has 2 amide bonds. The normalized spacial score (nSPS) is 20.2. The highest BCUT2D eigenvalue weighted by Crippen LogP contribution is 2.42. The largest absolute Gasteiger partial charge is 0.448 e. The number of thiocarbonyl (C=S) groups is 1. The van der Waals surface area contributed by atoms with Crippen LogP contribution < -0.4 is 16.2 Å². The molecule has 1 fully saturated rings. The molecule has 1 aliphatic carbocycles. The maximum Gasteiger partial charge on any atom is 0.270 e. The Morgan fingerprint density at radius 2 is 2.03 bits per heavy atom. The molecule has 10 heteroatoms. The summed E-state index contributed by atoms with van der Waals surface area (Å²) in [5, 5.41) is 0.529. The van der Waals surface area contributed by atoms with Gasteiger partial charge in [-0.2, -0.15) is 0 Å². The Bertz CT molecular complexity index is 1050. The van der Waals surface area contributed by atoms with Crippen LogP contribution in [0.15, 0.2) is 35.4 Å². The Morgan fingerprint density at radius 3 is 2.65 bits per heavy atom. The Labute approximate surface area is 189 Å². The third kappa shape index (κ3) is 3.86. The number of hydrogen-bond acceptors (Lipinski definition) is 8. The van der Waals surface area contributed by atoms with Crippen molar-refractivity contribution < 1.29 is 19.1 Å². The molecule has 164 valence electrons. The summed E-state index contributed by atoms with van der Waals surface area (Å²) in [5.41, 5.74) is 14.3. The topological polar surface area (TPSA) is 111 Å². The van der Waals surface area contributed by atoms with Crippen molar-refractivity contribution in [2.75, 3.05) is 33.8 Å². The van der Waals surface area contributed by atoms with Crippen molar-refractivity contribution in [1.82, 2.24) is 9.80 Å². The summed E-state index contributed by atoms with van der Waals surface area (Å²) < 4.78 is 11.4. The van der Waals surface area contributed by atoms with Crippen molar-refractivity contribution in [3.63, 3.8) is 0 Å². The smallest absolute Gasteiger partial charge is 0.270 e. The van der Waals surface area contributed by atoms with Gasteiger partial charge >= 0.3 is 0 Å². The number of likely N-dealkylation sites (tertiary alicyclic amines) is 1. The summed E-state index contributed by atoms with van der Waals surface area (Å²) in [5.74, 6) is 0.115. The molecule has 31 heavy (non-hydrogen) atoms. The fraction of sp³-hybridized carbons (Fsp3) is 0.381. The number of carbonyl (C=O) groups excluding carboxylic acids is 2. The second-order valence-corrected chi connectivity index (χ2v) is 9.06. The van der Waals surface area contributed by atoms with Gasteiger partial charge in [-0.3, -0.25) is 9.59 Å². The quantitative estimate of drug-likeness (QED) is 0.503. The summed E-state index contributed by atoms with van der Waals surface area (Å²) >= 11 is 6.80. The number of likely N-dealkylation sites (N-methyl/N-ethyl adjacent to an activating group) is 1. The number of rotatable bonds is 5. The molecule has 1 aromatic heterocycles. The number of amides is 2. The van der Waals surface area contributed by atoms with Gasteiger partial charge in [0.25, 0.3) is 11.8 Å². The van der Waals surface area contributed by atoms with E-state index in [0.717, 1.165) is 16.7 Å². The molecule has 1 saturated heterocycles. The average molecular weight is 461 g/mol. The van der Waals surface area contributed by atoms with Crippen molar-refractivity contribution in [2.45, 2.75) is 18.9 Å². The van der Waals surface area contributed by atoms with Gasteiger partial charge in [0.05, 0.1) is 28.0 Å². The van der Waals surface area contributed by atoms with Crippen LogP contribution in [-0.4, -0.2) is 66.4 Å². The summed E-state index contributed by atoms with van der Waals surface area (Å²) in [6.07, 6.45) is 6.44. The number of hydrogen-bond donors (Lipinski definition) is 2. The predicted octanol–water partition coefficient (Wildman–Crippen LogP) is 1.30. The zero-order valence-electron chi connectivity index (χ0n) is 17.3. The van der Waals surface area contributed by atoms with Crippen molar-refractivity contribution >= 4 is 40.2 Å². The minimum absolute atomic E-state index is 0.0329. The van der Waals surface area contributed by atoms with Crippen molar-refractivity contribution in [3.8, 4) is 5.06 Å². The van der Waals surface area contributed by atoms with Crippen LogP contribution in [0.2, 0.25) is 0 Å². The lowest BCUT2D eigenvalue weighted by Gasteiger charge is -2.40. The zero-order chi connectivity index (χ0) is 22.3. The van der Waals surface area contributed by atoms with E-state index in [1.807, 2.05) is 11.9 Å². The third-order valence-corrected chi connectivity index (χ3v) is 7.30. The Hall–Kier alpha value is -2.69. The molecular weight excluding hydrogens is 436 g/mol. The Morgan fingerprint density at radius 1 is 1.29 bits per heavy atom. The molecule has 0 atom stereocenters. The molecule has 2 aliphatic heterocycles. The van der Waals surface area contributed by atoms with Crippen molar-refractivity contribution in [2.24, 2.45) is 11.5 Å². The number of carbonyl (C=O) groups is 2. The van der Waals surface area contributed by atoms with Gasteiger partial charge in [-0.1, -0.05) is 23.6 Å². The minimum Gasteiger partial charge on any atom is -0.448 e. The number of primary amides is 1. The molecular formula is C21H24N4O4S2. The SMILES string of the molecule is COC1CN(C(=O)C2=CC=C(Oc3sc(C(N)=O)c4c3C(=S)C(=CN)CC4)CN2C)C1. The molecule has 3 heterocycles. The maximum atomic E-state index is 12.7. The Kier molecular flexibility index (Phi) is 5.87. The van der Waals surface area contributed by atoms with E-state index < -0.39 is 5.91 Å².